The first-order valence-corrected chi connectivity index (χ1v) is 10.8. The Morgan fingerprint density at radius 1 is 1.00 bits per heavy atom. The number of aromatic nitrogens is 4. The van der Waals surface area contributed by atoms with Gasteiger partial charge in [-0.25, -0.2) is 18.4 Å². The molecule has 0 N–H and O–H groups in total. The standard InChI is InChI=1S/C19H19N5O3S/c25-28(26,16-7-6-13-4-1-2-5-14(13)10-16)24-11-15(12-24)19-22-18(23-27-19)17-20-8-3-9-21-17/h3,6-10,15H,1-2,4-5,11-12H2. The van der Waals surface area contributed by atoms with Gasteiger partial charge in [-0.15, -0.1) is 0 Å². The summed E-state index contributed by atoms with van der Waals surface area (Å²) in [5.74, 6) is 0.999. The summed E-state index contributed by atoms with van der Waals surface area (Å²) in [7, 11) is -3.50. The lowest BCUT2D eigenvalue weighted by molar-refractivity contribution is 0.217. The Labute approximate surface area is 162 Å². The molecule has 28 heavy (non-hydrogen) atoms. The van der Waals surface area contributed by atoms with Crippen LogP contribution in [-0.2, 0) is 22.9 Å². The molecular weight excluding hydrogens is 378 g/mol. The summed E-state index contributed by atoms with van der Waals surface area (Å²) >= 11 is 0. The SMILES string of the molecule is O=S(=O)(c1ccc2c(c1)CCCC2)N1CC(c2nc(-c3ncccn3)no2)C1. The molecule has 3 aromatic rings. The normalized spacial score (nSPS) is 17.9. The van der Waals surface area contributed by atoms with Crippen LogP contribution in [0.1, 0.15) is 35.8 Å². The average Bonchev–Trinajstić information content (AvgIpc) is 3.16. The van der Waals surface area contributed by atoms with Crippen LogP contribution in [0, 0.1) is 0 Å². The molecule has 0 bridgehead atoms. The Bertz CT molecular complexity index is 1110. The maximum atomic E-state index is 12.9. The van der Waals surface area contributed by atoms with Crippen LogP contribution >= 0.6 is 0 Å². The third kappa shape index (κ3) is 3.00. The summed E-state index contributed by atoms with van der Waals surface area (Å²) in [6.07, 6.45) is 7.49. The fraction of sp³-hybridized carbons (Fsp3) is 0.368. The van der Waals surface area contributed by atoms with Gasteiger partial charge in [0.25, 0.3) is 0 Å². The minimum Gasteiger partial charge on any atom is -0.338 e. The molecule has 1 saturated heterocycles. The molecule has 3 heterocycles. The number of nitrogens with zero attached hydrogens (tertiary/aromatic N) is 5. The van der Waals surface area contributed by atoms with Crippen LogP contribution in [0.15, 0.2) is 46.1 Å². The number of benzene rings is 1. The van der Waals surface area contributed by atoms with E-state index in [9.17, 15) is 8.42 Å². The Morgan fingerprint density at radius 2 is 1.75 bits per heavy atom. The summed E-state index contributed by atoms with van der Waals surface area (Å²) in [5, 5.41) is 3.90. The largest absolute Gasteiger partial charge is 0.338 e. The molecule has 0 atom stereocenters. The molecular formula is C19H19N5O3S. The summed E-state index contributed by atoms with van der Waals surface area (Å²) in [6, 6.07) is 7.24. The lowest BCUT2D eigenvalue weighted by Gasteiger charge is -2.36. The van der Waals surface area contributed by atoms with Crippen molar-refractivity contribution >= 4 is 10.0 Å². The van der Waals surface area contributed by atoms with E-state index in [-0.39, 0.29) is 5.92 Å². The fourth-order valence-electron chi connectivity index (χ4n) is 3.72. The molecule has 5 rings (SSSR count). The van der Waals surface area contributed by atoms with Crippen LogP contribution in [0.3, 0.4) is 0 Å². The van der Waals surface area contributed by atoms with E-state index in [1.165, 1.54) is 16.3 Å². The van der Waals surface area contributed by atoms with Crippen LogP contribution < -0.4 is 0 Å². The van der Waals surface area contributed by atoms with E-state index in [1.807, 2.05) is 12.1 Å². The first-order chi connectivity index (χ1) is 13.6. The number of hydrogen-bond donors (Lipinski definition) is 0. The summed E-state index contributed by atoms with van der Waals surface area (Å²) in [4.78, 5) is 12.9. The Hall–Kier alpha value is -2.65. The van der Waals surface area contributed by atoms with Crippen molar-refractivity contribution in [2.45, 2.75) is 36.5 Å². The van der Waals surface area contributed by atoms with Crippen molar-refractivity contribution in [2.24, 2.45) is 0 Å². The predicted molar refractivity (Wildman–Crippen MR) is 99.9 cm³/mol. The Morgan fingerprint density at radius 3 is 2.54 bits per heavy atom. The maximum Gasteiger partial charge on any atom is 0.243 e. The summed E-state index contributed by atoms with van der Waals surface area (Å²) in [5.41, 5.74) is 2.43. The second kappa shape index (κ2) is 6.75. The third-order valence-corrected chi connectivity index (χ3v) is 7.19. The van der Waals surface area contributed by atoms with E-state index < -0.39 is 10.0 Å². The van der Waals surface area contributed by atoms with Crippen molar-refractivity contribution in [3.8, 4) is 11.6 Å². The van der Waals surface area contributed by atoms with Crippen molar-refractivity contribution in [1.82, 2.24) is 24.4 Å². The highest BCUT2D eigenvalue weighted by molar-refractivity contribution is 7.89. The zero-order valence-corrected chi connectivity index (χ0v) is 16.0. The van der Waals surface area contributed by atoms with E-state index >= 15 is 0 Å². The first kappa shape index (κ1) is 17.4. The number of aryl methyl sites for hydroxylation is 2. The van der Waals surface area contributed by atoms with Gasteiger partial charge in [0.15, 0.2) is 0 Å². The van der Waals surface area contributed by atoms with Crippen LogP contribution in [0.5, 0.6) is 0 Å². The van der Waals surface area contributed by atoms with Crippen molar-refractivity contribution in [2.75, 3.05) is 13.1 Å². The number of fused-ring (bicyclic) bond motifs is 1. The molecule has 9 heteroatoms. The van der Waals surface area contributed by atoms with Crippen molar-refractivity contribution < 1.29 is 12.9 Å². The highest BCUT2D eigenvalue weighted by atomic mass is 32.2. The minimum absolute atomic E-state index is 0.114. The van der Waals surface area contributed by atoms with Crippen LogP contribution in [0.4, 0.5) is 0 Å². The topological polar surface area (TPSA) is 102 Å². The van der Waals surface area contributed by atoms with Gasteiger partial charge in [0, 0.05) is 25.5 Å². The van der Waals surface area contributed by atoms with Gasteiger partial charge in [-0.2, -0.15) is 9.29 Å². The van der Waals surface area contributed by atoms with Gasteiger partial charge >= 0.3 is 0 Å². The summed E-state index contributed by atoms with van der Waals surface area (Å²) in [6.45, 7) is 0.660. The zero-order chi connectivity index (χ0) is 19.1. The van der Waals surface area contributed by atoms with Gasteiger partial charge < -0.3 is 4.52 Å². The van der Waals surface area contributed by atoms with Crippen molar-refractivity contribution in [3.63, 3.8) is 0 Å². The highest BCUT2D eigenvalue weighted by Gasteiger charge is 2.40. The number of hydrogen-bond acceptors (Lipinski definition) is 7. The van der Waals surface area contributed by atoms with Crippen LogP contribution in [-0.4, -0.2) is 45.9 Å². The average molecular weight is 397 g/mol. The van der Waals surface area contributed by atoms with E-state index in [0.29, 0.717) is 35.5 Å². The van der Waals surface area contributed by atoms with Gasteiger partial charge in [-0.3, -0.25) is 0 Å². The lowest BCUT2D eigenvalue weighted by Crippen LogP contribution is -2.48. The van der Waals surface area contributed by atoms with Gasteiger partial charge in [-0.05, 0) is 55.0 Å². The van der Waals surface area contributed by atoms with Gasteiger partial charge in [0.1, 0.15) is 0 Å². The van der Waals surface area contributed by atoms with Gasteiger partial charge in [0.2, 0.25) is 27.6 Å². The molecule has 0 saturated carbocycles. The second-order valence-electron chi connectivity index (χ2n) is 7.19. The maximum absolute atomic E-state index is 12.9. The van der Waals surface area contributed by atoms with E-state index in [2.05, 4.69) is 20.1 Å². The molecule has 1 fully saturated rings. The van der Waals surface area contributed by atoms with Gasteiger partial charge in [-0.1, -0.05) is 11.2 Å². The summed E-state index contributed by atoms with van der Waals surface area (Å²) < 4.78 is 32.7. The zero-order valence-electron chi connectivity index (χ0n) is 15.2. The minimum atomic E-state index is -3.50. The number of rotatable bonds is 4. The number of sulfonamides is 1. The quantitative estimate of drug-likeness (QED) is 0.665. The smallest absolute Gasteiger partial charge is 0.243 e. The molecule has 144 valence electrons. The highest BCUT2D eigenvalue weighted by Crippen LogP contribution is 2.33. The Kier molecular flexibility index (Phi) is 4.21. The fourth-order valence-corrected chi connectivity index (χ4v) is 5.30. The molecule has 1 aromatic carbocycles. The predicted octanol–water partition coefficient (Wildman–Crippen LogP) is 2.19. The lowest BCUT2D eigenvalue weighted by atomic mass is 9.92. The molecule has 1 aliphatic heterocycles. The third-order valence-electron chi connectivity index (χ3n) is 5.36. The first-order valence-electron chi connectivity index (χ1n) is 9.34. The van der Waals surface area contributed by atoms with Crippen LogP contribution in [0.25, 0.3) is 11.6 Å². The van der Waals surface area contributed by atoms with Crippen molar-refractivity contribution in [1.29, 1.82) is 0 Å². The molecule has 0 amide bonds. The van der Waals surface area contributed by atoms with E-state index in [1.54, 1.807) is 24.5 Å². The van der Waals surface area contributed by atoms with Crippen molar-refractivity contribution in [3.05, 3.63) is 53.7 Å². The van der Waals surface area contributed by atoms with Crippen LogP contribution in [0.2, 0.25) is 0 Å². The molecule has 0 spiro atoms. The Balaban J connectivity index is 1.31. The van der Waals surface area contributed by atoms with E-state index in [4.69, 9.17) is 4.52 Å². The molecule has 2 aromatic heterocycles. The monoisotopic (exact) mass is 397 g/mol. The molecule has 0 radical (unpaired) electrons. The molecule has 0 unspecified atom stereocenters. The molecule has 8 nitrogen and oxygen atoms in total. The van der Waals surface area contributed by atoms with E-state index in [0.717, 1.165) is 24.8 Å². The molecule has 1 aliphatic carbocycles. The van der Waals surface area contributed by atoms with Gasteiger partial charge in [0.05, 0.1) is 10.8 Å². The molecule has 2 aliphatic rings. The second-order valence-corrected chi connectivity index (χ2v) is 9.12.